The van der Waals surface area contributed by atoms with Gasteiger partial charge in [0.15, 0.2) is 0 Å². The molecule has 4 rings (SSSR count). The second-order valence-corrected chi connectivity index (χ2v) is 8.37. The van der Waals surface area contributed by atoms with Crippen LogP contribution in [0.3, 0.4) is 0 Å². The fourth-order valence-corrected chi connectivity index (χ4v) is 5.03. The van der Waals surface area contributed by atoms with Crippen molar-refractivity contribution in [3.8, 4) is 5.75 Å². The highest BCUT2D eigenvalue weighted by atomic mass is 32.2. The first-order valence-corrected chi connectivity index (χ1v) is 9.76. The van der Waals surface area contributed by atoms with E-state index in [2.05, 4.69) is 19.9 Å². The highest BCUT2D eigenvalue weighted by Crippen LogP contribution is 2.56. The number of epoxide rings is 1. The highest BCUT2D eigenvalue weighted by Gasteiger charge is 2.51. The summed E-state index contributed by atoms with van der Waals surface area (Å²) in [7, 11) is 1.86. The third kappa shape index (κ3) is 2.79. The van der Waals surface area contributed by atoms with Gasteiger partial charge < -0.3 is 14.4 Å². The Morgan fingerprint density at radius 1 is 1.23 bits per heavy atom. The molecule has 136 valence electrons. The summed E-state index contributed by atoms with van der Waals surface area (Å²) in [6.07, 6.45) is 0.177. The number of likely N-dealkylation sites (N-methyl/N-ethyl adjacent to an activating group) is 1. The molecule has 1 saturated heterocycles. The summed E-state index contributed by atoms with van der Waals surface area (Å²) >= 11 is 1.64. The Kier molecular flexibility index (Phi) is 4.45. The van der Waals surface area contributed by atoms with Gasteiger partial charge in [0.2, 0.25) is 5.91 Å². The van der Waals surface area contributed by atoms with E-state index >= 15 is 0 Å². The van der Waals surface area contributed by atoms with Crippen LogP contribution in [-0.4, -0.2) is 32.3 Å². The van der Waals surface area contributed by atoms with E-state index in [0.29, 0.717) is 6.61 Å². The van der Waals surface area contributed by atoms with E-state index in [0.717, 1.165) is 28.5 Å². The lowest BCUT2D eigenvalue weighted by molar-refractivity contribution is -0.122. The minimum atomic E-state index is -0.718. The first-order valence-electron chi connectivity index (χ1n) is 8.94. The van der Waals surface area contributed by atoms with Crippen molar-refractivity contribution in [2.75, 3.05) is 25.2 Å². The van der Waals surface area contributed by atoms with Gasteiger partial charge in [-0.1, -0.05) is 44.2 Å². The maximum Gasteiger partial charge on any atom is 0.248 e. The predicted octanol–water partition coefficient (Wildman–Crippen LogP) is 4.08. The Labute approximate surface area is 158 Å². The minimum Gasteiger partial charge on any atom is -0.490 e. The molecular formula is C21H23NO3S. The number of amides is 1. The molecule has 2 atom stereocenters. The van der Waals surface area contributed by atoms with Gasteiger partial charge in [-0.25, -0.2) is 0 Å². The Morgan fingerprint density at radius 2 is 1.92 bits per heavy atom. The molecule has 0 aromatic heterocycles. The first kappa shape index (κ1) is 17.4. The second kappa shape index (κ2) is 6.63. The van der Waals surface area contributed by atoms with Crippen LogP contribution in [0.2, 0.25) is 0 Å². The quantitative estimate of drug-likeness (QED) is 0.745. The molecule has 0 bridgehead atoms. The van der Waals surface area contributed by atoms with Crippen LogP contribution in [0, 0.1) is 5.92 Å². The molecule has 0 aliphatic carbocycles. The number of carbonyl (C=O) groups is 1. The van der Waals surface area contributed by atoms with E-state index in [-0.39, 0.29) is 17.9 Å². The summed E-state index contributed by atoms with van der Waals surface area (Å²) in [6.45, 7) is 5.48. The van der Waals surface area contributed by atoms with Gasteiger partial charge in [0, 0.05) is 17.5 Å². The van der Waals surface area contributed by atoms with E-state index < -0.39 is 4.75 Å². The van der Waals surface area contributed by atoms with Gasteiger partial charge in [-0.2, -0.15) is 0 Å². The zero-order chi connectivity index (χ0) is 18.3. The average Bonchev–Trinajstić information content (AvgIpc) is 3.47. The molecular weight excluding hydrogens is 346 g/mol. The van der Waals surface area contributed by atoms with Crippen LogP contribution in [0.1, 0.15) is 19.4 Å². The molecule has 2 aromatic carbocycles. The number of anilines is 1. The number of nitrogens with zero attached hydrogens (tertiary/aromatic N) is 1. The van der Waals surface area contributed by atoms with Gasteiger partial charge in [0.05, 0.1) is 12.3 Å². The van der Waals surface area contributed by atoms with E-state index in [1.54, 1.807) is 16.7 Å². The molecule has 1 fully saturated rings. The van der Waals surface area contributed by atoms with Crippen LogP contribution < -0.4 is 9.64 Å². The van der Waals surface area contributed by atoms with Crippen molar-refractivity contribution in [1.82, 2.24) is 0 Å². The van der Waals surface area contributed by atoms with Gasteiger partial charge in [0.25, 0.3) is 0 Å². The number of rotatable bonds is 5. The largest absolute Gasteiger partial charge is 0.490 e. The Morgan fingerprint density at radius 3 is 2.65 bits per heavy atom. The molecule has 0 saturated carbocycles. The number of fused-ring (bicyclic) bond motifs is 1. The molecule has 2 unspecified atom stereocenters. The van der Waals surface area contributed by atoms with E-state index in [9.17, 15) is 4.79 Å². The zero-order valence-electron chi connectivity index (χ0n) is 15.3. The van der Waals surface area contributed by atoms with E-state index in [1.165, 1.54) is 0 Å². The third-order valence-corrected chi connectivity index (χ3v) is 6.80. The molecule has 2 aliphatic heterocycles. The molecule has 2 aromatic rings. The van der Waals surface area contributed by atoms with Gasteiger partial charge in [0.1, 0.15) is 23.2 Å². The van der Waals surface area contributed by atoms with Gasteiger partial charge in [-0.3, -0.25) is 4.79 Å². The Bertz CT molecular complexity index is 834. The molecule has 1 amide bonds. The monoisotopic (exact) mass is 369 g/mol. The van der Waals surface area contributed by atoms with Gasteiger partial charge in [-0.05, 0) is 24.1 Å². The smallest absolute Gasteiger partial charge is 0.248 e. The minimum absolute atomic E-state index is 0.0925. The summed E-state index contributed by atoms with van der Waals surface area (Å²) in [4.78, 5) is 16.5. The summed E-state index contributed by atoms with van der Waals surface area (Å²) in [5, 5.41) is 0. The molecule has 0 spiro atoms. The number of carbonyl (C=O) groups excluding carboxylic acids is 1. The average molecular weight is 369 g/mol. The van der Waals surface area contributed by atoms with E-state index in [1.807, 2.05) is 49.5 Å². The summed E-state index contributed by atoms with van der Waals surface area (Å²) in [5.74, 6) is 0.956. The third-order valence-electron chi connectivity index (χ3n) is 5.05. The zero-order valence-corrected chi connectivity index (χ0v) is 16.1. The molecule has 5 heteroatoms. The maximum atomic E-state index is 13.6. The lowest BCUT2D eigenvalue weighted by atomic mass is 9.85. The van der Waals surface area contributed by atoms with Crippen LogP contribution >= 0.6 is 11.8 Å². The van der Waals surface area contributed by atoms with Crippen molar-refractivity contribution in [1.29, 1.82) is 0 Å². The van der Waals surface area contributed by atoms with Crippen molar-refractivity contribution in [3.63, 3.8) is 0 Å². The normalized spacial score (nSPS) is 24.5. The first-order chi connectivity index (χ1) is 12.5. The lowest BCUT2D eigenvalue weighted by Crippen LogP contribution is -2.49. The van der Waals surface area contributed by atoms with Crippen LogP contribution in [0.25, 0.3) is 0 Å². The predicted molar refractivity (Wildman–Crippen MR) is 104 cm³/mol. The molecule has 4 nitrogen and oxygen atoms in total. The summed E-state index contributed by atoms with van der Waals surface area (Å²) in [6, 6.07) is 16.0. The van der Waals surface area contributed by atoms with Gasteiger partial charge >= 0.3 is 0 Å². The lowest BCUT2D eigenvalue weighted by Gasteiger charge is -2.43. The number of hydrogen-bond donors (Lipinski definition) is 0. The van der Waals surface area contributed by atoms with Crippen molar-refractivity contribution >= 4 is 23.4 Å². The van der Waals surface area contributed by atoms with Crippen molar-refractivity contribution in [2.24, 2.45) is 5.92 Å². The number of thioether (sulfide) groups is 1. The van der Waals surface area contributed by atoms with Crippen LogP contribution in [-0.2, 0) is 14.3 Å². The van der Waals surface area contributed by atoms with Crippen molar-refractivity contribution in [3.05, 3.63) is 54.1 Å². The topological polar surface area (TPSA) is 42.1 Å². The van der Waals surface area contributed by atoms with E-state index in [4.69, 9.17) is 9.47 Å². The van der Waals surface area contributed by atoms with Crippen molar-refractivity contribution in [2.45, 2.75) is 29.6 Å². The standard InChI is InChI=1S/C21H23NO3S/c1-14(2)21(16-8-4-6-10-18(16)25-13-15-12-24-15)20(23)22(3)17-9-5-7-11-19(17)26-21/h4-11,14-15H,12-13H2,1-3H3. The molecule has 0 N–H and O–H groups in total. The van der Waals surface area contributed by atoms with Gasteiger partial charge in [-0.15, -0.1) is 11.8 Å². The number of para-hydroxylation sites is 2. The Balaban J connectivity index is 1.82. The number of benzene rings is 2. The second-order valence-electron chi connectivity index (χ2n) is 7.09. The highest BCUT2D eigenvalue weighted by molar-refractivity contribution is 8.01. The molecule has 0 radical (unpaired) electrons. The number of hydrogen-bond acceptors (Lipinski definition) is 4. The maximum absolute atomic E-state index is 13.6. The summed E-state index contributed by atoms with van der Waals surface area (Å²) in [5.41, 5.74) is 1.90. The number of ether oxygens (including phenoxy) is 2. The van der Waals surface area contributed by atoms with Crippen molar-refractivity contribution < 1.29 is 14.3 Å². The molecule has 26 heavy (non-hydrogen) atoms. The molecule has 2 heterocycles. The fraction of sp³-hybridized carbons (Fsp3) is 0.381. The SMILES string of the molecule is CC(C)C1(c2ccccc2OCC2CO2)Sc2ccccc2N(C)C1=O. The van der Waals surface area contributed by atoms with Crippen LogP contribution in [0.15, 0.2) is 53.4 Å². The van der Waals surface area contributed by atoms with Crippen LogP contribution in [0.5, 0.6) is 5.75 Å². The fourth-order valence-electron chi connectivity index (χ4n) is 3.49. The Hall–Kier alpha value is -1.98. The summed E-state index contributed by atoms with van der Waals surface area (Å²) < 4.78 is 10.6. The van der Waals surface area contributed by atoms with Crippen LogP contribution in [0.4, 0.5) is 5.69 Å². The molecule has 2 aliphatic rings.